The fraction of sp³-hybridized carbons (Fsp3) is 0.320. The summed E-state index contributed by atoms with van der Waals surface area (Å²) >= 11 is 6.11. The van der Waals surface area contributed by atoms with Crippen LogP contribution in [0.1, 0.15) is 23.2 Å². The first-order valence-electron chi connectivity index (χ1n) is 10.7. The van der Waals surface area contributed by atoms with Crippen molar-refractivity contribution in [1.29, 1.82) is 0 Å². The predicted molar refractivity (Wildman–Crippen MR) is 126 cm³/mol. The summed E-state index contributed by atoms with van der Waals surface area (Å²) in [5.74, 6) is 0.0101. The molecule has 1 amide bonds. The Kier molecular flexibility index (Phi) is 6.88. The van der Waals surface area contributed by atoms with Gasteiger partial charge in [0.1, 0.15) is 0 Å². The van der Waals surface area contributed by atoms with Crippen LogP contribution >= 0.6 is 11.6 Å². The number of benzene rings is 3. The number of piperazine rings is 1. The van der Waals surface area contributed by atoms with E-state index in [4.69, 9.17) is 11.6 Å². The normalized spacial score (nSPS) is 14.8. The van der Waals surface area contributed by atoms with E-state index in [-0.39, 0.29) is 5.91 Å². The lowest BCUT2D eigenvalue weighted by molar-refractivity contribution is 0.0952. The average molecular weight is 422 g/mol. The van der Waals surface area contributed by atoms with Crippen LogP contribution in [0.25, 0.3) is 10.8 Å². The second kappa shape index (κ2) is 9.96. The molecule has 0 aliphatic carbocycles. The highest BCUT2D eigenvalue weighted by atomic mass is 35.5. The average Bonchev–Trinajstić information content (AvgIpc) is 2.79. The maximum Gasteiger partial charge on any atom is 0.251 e. The summed E-state index contributed by atoms with van der Waals surface area (Å²) in [4.78, 5) is 17.3. The summed E-state index contributed by atoms with van der Waals surface area (Å²) in [5.41, 5.74) is 1.93. The van der Waals surface area contributed by atoms with Crippen LogP contribution in [0.15, 0.2) is 66.7 Å². The van der Waals surface area contributed by atoms with Gasteiger partial charge < -0.3 is 10.2 Å². The summed E-state index contributed by atoms with van der Waals surface area (Å²) in [6.45, 7) is 5.98. The van der Waals surface area contributed by atoms with Gasteiger partial charge >= 0.3 is 0 Å². The van der Waals surface area contributed by atoms with Gasteiger partial charge in [-0.3, -0.25) is 9.69 Å². The molecule has 0 atom stereocenters. The summed E-state index contributed by atoms with van der Waals surface area (Å²) in [6, 6.07) is 22.1. The molecule has 0 saturated carbocycles. The number of carbonyl (C=O) groups is 1. The van der Waals surface area contributed by atoms with Crippen LogP contribution in [0.4, 0.5) is 5.69 Å². The lowest BCUT2D eigenvalue weighted by Gasteiger charge is -2.36. The second-order valence-electron chi connectivity index (χ2n) is 7.83. The Bertz CT molecular complexity index is 998. The minimum Gasteiger partial charge on any atom is -0.369 e. The Balaban J connectivity index is 1.15. The van der Waals surface area contributed by atoms with Crippen molar-refractivity contribution in [2.24, 2.45) is 0 Å². The molecule has 5 heteroatoms. The minimum atomic E-state index is 0.0101. The highest BCUT2D eigenvalue weighted by Gasteiger charge is 2.17. The van der Waals surface area contributed by atoms with E-state index >= 15 is 0 Å². The van der Waals surface area contributed by atoms with Crippen LogP contribution < -0.4 is 10.2 Å². The minimum absolute atomic E-state index is 0.0101. The number of hydrogen-bond donors (Lipinski definition) is 1. The van der Waals surface area contributed by atoms with Gasteiger partial charge in [0.2, 0.25) is 0 Å². The van der Waals surface area contributed by atoms with Crippen LogP contribution in [0.2, 0.25) is 5.02 Å². The molecule has 4 rings (SSSR count). The molecule has 1 aliphatic heterocycles. The van der Waals surface area contributed by atoms with Crippen molar-refractivity contribution in [1.82, 2.24) is 10.2 Å². The SMILES string of the molecule is O=C(NCCCCN1CCN(c2cccc(Cl)c2)CC1)c1ccc2ccccc2c1. The molecule has 30 heavy (non-hydrogen) atoms. The van der Waals surface area contributed by atoms with Crippen molar-refractivity contribution in [3.05, 3.63) is 77.3 Å². The molecule has 4 nitrogen and oxygen atoms in total. The first-order valence-corrected chi connectivity index (χ1v) is 11.1. The molecule has 1 aliphatic rings. The van der Waals surface area contributed by atoms with Crippen LogP contribution in [0.3, 0.4) is 0 Å². The Morgan fingerprint density at radius 2 is 1.67 bits per heavy atom. The Hall–Kier alpha value is -2.56. The lowest BCUT2D eigenvalue weighted by Crippen LogP contribution is -2.46. The number of anilines is 1. The number of halogens is 1. The standard InChI is InChI=1S/C25H28ClN3O/c26-23-8-5-9-24(19-23)29-16-14-28(15-17-29)13-4-3-12-27-25(30)22-11-10-20-6-1-2-7-21(20)18-22/h1-2,5-11,18-19H,3-4,12-17H2,(H,27,30). The molecule has 3 aromatic rings. The van der Waals surface area contributed by atoms with Crippen molar-refractivity contribution >= 4 is 34.0 Å². The van der Waals surface area contributed by atoms with Crippen LogP contribution in [0.5, 0.6) is 0 Å². The molecular formula is C25H28ClN3O. The third-order valence-corrected chi connectivity index (χ3v) is 5.98. The number of unbranched alkanes of at least 4 members (excludes halogenated alkanes) is 1. The zero-order valence-corrected chi connectivity index (χ0v) is 17.9. The van der Waals surface area contributed by atoms with E-state index < -0.39 is 0 Å². The molecule has 0 radical (unpaired) electrons. The first-order chi connectivity index (χ1) is 14.7. The largest absolute Gasteiger partial charge is 0.369 e. The van der Waals surface area contributed by atoms with Gasteiger partial charge in [-0.15, -0.1) is 0 Å². The maximum atomic E-state index is 12.4. The van der Waals surface area contributed by atoms with Gasteiger partial charge in [-0.1, -0.05) is 48.0 Å². The number of fused-ring (bicyclic) bond motifs is 1. The van der Waals surface area contributed by atoms with E-state index in [0.717, 1.165) is 66.9 Å². The number of hydrogen-bond acceptors (Lipinski definition) is 3. The van der Waals surface area contributed by atoms with Gasteiger partial charge in [0.15, 0.2) is 0 Å². The Labute approximate surface area is 183 Å². The summed E-state index contributed by atoms with van der Waals surface area (Å²) in [5, 5.41) is 6.11. The van der Waals surface area contributed by atoms with E-state index in [2.05, 4.69) is 27.2 Å². The maximum absolute atomic E-state index is 12.4. The Morgan fingerprint density at radius 1 is 0.867 bits per heavy atom. The van der Waals surface area contributed by atoms with E-state index in [9.17, 15) is 4.79 Å². The number of nitrogens with zero attached hydrogens (tertiary/aromatic N) is 2. The molecule has 1 heterocycles. The zero-order valence-electron chi connectivity index (χ0n) is 17.2. The molecule has 1 fully saturated rings. The van der Waals surface area contributed by atoms with Crippen molar-refractivity contribution < 1.29 is 4.79 Å². The molecule has 0 aromatic heterocycles. The lowest BCUT2D eigenvalue weighted by atomic mass is 10.1. The predicted octanol–water partition coefficient (Wildman–Crippen LogP) is 4.83. The van der Waals surface area contributed by atoms with Crippen molar-refractivity contribution in [2.75, 3.05) is 44.2 Å². The molecule has 1 saturated heterocycles. The highest BCUT2D eigenvalue weighted by molar-refractivity contribution is 6.30. The summed E-state index contributed by atoms with van der Waals surface area (Å²) in [7, 11) is 0. The van der Waals surface area contributed by atoms with Gasteiger partial charge in [0.05, 0.1) is 0 Å². The van der Waals surface area contributed by atoms with Crippen LogP contribution in [-0.4, -0.2) is 50.1 Å². The zero-order chi connectivity index (χ0) is 20.8. The monoisotopic (exact) mass is 421 g/mol. The summed E-state index contributed by atoms with van der Waals surface area (Å²) < 4.78 is 0. The molecule has 0 spiro atoms. The smallest absolute Gasteiger partial charge is 0.251 e. The molecule has 1 N–H and O–H groups in total. The fourth-order valence-corrected chi connectivity index (χ4v) is 4.18. The van der Waals surface area contributed by atoms with E-state index in [1.165, 1.54) is 5.69 Å². The third-order valence-electron chi connectivity index (χ3n) is 5.74. The van der Waals surface area contributed by atoms with Gasteiger partial charge in [-0.25, -0.2) is 0 Å². The van der Waals surface area contributed by atoms with E-state index in [1.807, 2.05) is 54.6 Å². The molecule has 3 aromatic carbocycles. The van der Waals surface area contributed by atoms with Gasteiger partial charge in [0, 0.05) is 49.0 Å². The molecular weight excluding hydrogens is 394 g/mol. The van der Waals surface area contributed by atoms with Crippen molar-refractivity contribution in [2.45, 2.75) is 12.8 Å². The third kappa shape index (κ3) is 5.32. The molecule has 0 unspecified atom stereocenters. The van der Waals surface area contributed by atoms with Crippen molar-refractivity contribution in [3.8, 4) is 0 Å². The van der Waals surface area contributed by atoms with Gasteiger partial charge in [-0.2, -0.15) is 0 Å². The molecule has 0 bridgehead atoms. The number of nitrogens with one attached hydrogen (secondary N) is 1. The Morgan fingerprint density at radius 3 is 2.47 bits per heavy atom. The summed E-state index contributed by atoms with van der Waals surface area (Å²) in [6.07, 6.45) is 2.09. The topological polar surface area (TPSA) is 35.6 Å². The number of amides is 1. The number of carbonyl (C=O) groups excluding carboxylic acids is 1. The van der Waals surface area contributed by atoms with Gasteiger partial charge in [-0.05, 0) is 60.5 Å². The second-order valence-corrected chi connectivity index (χ2v) is 8.27. The fourth-order valence-electron chi connectivity index (χ4n) is 4.00. The van der Waals surface area contributed by atoms with E-state index in [0.29, 0.717) is 6.54 Å². The molecule has 156 valence electrons. The quantitative estimate of drug-likeness (QED) is 0.555. The van der Waals surface area contributed by atoms with Crippen LogP contribution in [-0.2, 0) is 0 Å². The van der Waals surface area contributed by atoms with Crippen molar-refractivity contribution in [3.63, 3.8) is 0 Å². The first kappa shape index (κ1) is 20.7. The highest BCUT2D eigenvalue weighted by Crippen LogP contribution is 2.21. The van der Waals surface area contributed by atoms with Crippen LogP contribution in [0, 0.1) is 0 Å². The van der Waals surface area contributed by atoms with E-state index in [1.54, 1.807) is 0 Å². The number of rotatable bonds is 7. The van der Waals surface area contributed by atoms with Gasteiger partial charge in [0.25, 0.3) is 5.91 Å².